The monoisotopic (exact) mass is 2000 g/mol. The number of unbranched alkanes of at least 4 members (excludes halogenated alkanes) is 22. The van der Waals surface area contributed by atoms with E-state index in [-0.39, 0.29) is 61.4 Å². The summed E-state index contributed by atoms with van der Waals surface area (Å²) < 4.78 is 96.4. The van der Waals surface area contributed by atoms with Crippen LogP contribution in [0.25, 0.3) is 0 Å². The Bertz CT molecular complexity index is 3670. The van der Waals surface area contributed by atoms with E-state index in [0.717, 1.165) is 307 Å². The topological polar surface area (TPSA) is 293 Å². The van der Waals surface area contributed by atoms with Crippen LogP contribution in [0, 0.1) is 47.3 Å². The molecule has 0 unspecified atom stereocenters. The van der Waals surface area contributed by atoms with Gasteiger partial charge in [0.15, 0.2) is 0 Å². The number of benzene rings is 4. The lowest BCUT2D eigenvalue weighted by atomic mass is 9.68. The quantitative estimate of drug-likeness (QED) is 0.0172. The molecule has 0 saturated heterocycles. The van der Waals surface area contributed by atoms with Gasteiger partial charge in [0.25, 0.3) is 0 Å². The molecule has 25 heteroatoms. The molecule has 0 N–H and O–H groups in total. The van der Waals surface area contributed by atoms with Gasteiger partial charge in [0, 0.05) is 92.5 Å². The zero-order valence-electron chi connectivity index (χ0n) is 87.8. The van der Waals surface area contributed by atoms with E-state index in [0.29, 0.717) is 138 Å². The summed E-state index contributed by atoms with van der Waals surface area (Å²) in [4.78, 5) is 101. The molecule has 804 valence electrons. The lowest BCUT2D eigenvalue weighted by molar-refractivity contribution is -0.150. The van der Waals surface area contributed by atoms with Crippen molar-refractivity contribution in [2.24, 2.45) is 47.3 Å². The molecule has 0 bridgehead atoms. The van der Waals surface area contributed by atoms with Crippen LogP contribution < -0.4 is 28.4 Å². The van der Waals surface area contributed by atoms with Crippen molar-refractivity contribution in [3.63, 3.8) is 0 Å². The highest BCUT2D eigenvalue weighted by atomic mass is 16.6. The Balaban J connectivity index is 0.449. The van der Waals surface area contributed by atoms with E-state index in [1.54, 1.807) is 97.1 Å². The summed E-state index contributed by atoms with van der Waals surface area (Å²) in [5.74, 6) is 5.00. The average Bonchev–Trinajstić information content (AvgIpc) is 0.839. The van der Waals surface area contributed by atoms with Gasteiger partial charge in [0.2, 0.25) is 0 Å². The van der Waals surface area contributed by atoms with E-state index in [4.69, 9.17) is 80.5 Å². The molecule has 0 atom stereocenters. The van der Waals surface area contributed by atoms with Crippen molar-refractivity contribution in [1.82, 2.24) is 0 Å². The number of carbonyl (C=O) groups excluding carboxylic acids is 8. The molecule has 4 aliphatic carbocycles. The van der Waals surface area contributed by atoms with Crippen molar-refractivity contribution in [3.8, 4) is 34.5 Å². The van der Waals surface area contributed by atoms with Crippen LogP contribution in [0.15, 0.2) is 97.1 Å². The molecule has 25 nitrogen and oxygen atoms in total. The maximum Gasteiger partial charge on any atom is 0.343 e. The first-order valence-corrected chi connectivity index (χ1v) is 56.5. The fourth-order valence-corrected chi connectivity index (χ4v) is 19.6. The van der Waals surface area contributed by atoms with Gasteiger partial charge in [-0.15, -0.1) is 0 Å². The van der Waals surface area contributed by atoms with Crippen molar-refractivity contribution in [3.05, 3.63) is 108 Å². The average molecular weight is 2000 g/mol. The van der Waals surface area contributed by atoms with Crippen LogP contribution >= 0.6 is 0 Å². The van der Waals surface area contributed by atoms with Crippen LogP contribution in [0.3, 0.4) is 0 Å². The summed E-state index contributed by atoms with van der Waals surface area (Å²) in [6, 6.07) is 27.1. The molecule has 0 radical (unpaired) electrons. The number of rotatable bonds is 84. The summed E-state index contributed by atoms with van der Waals surface area (Å²) in [5.41, 5.74) is 0.807. The van der Waals surface area contributed by atoms with E-state index in [2.05, 4.69) is 13.8 Å². The minimum absolute atomic E-state index is 0.00701. The van der Waals surface area contributed by atoms with Crippen molar-refractivity contribution >= 4 is 47.8 Å². The van der Waals surface area contributed by atoms with Gasteiger partial charge in [0.05, 0.1) is 88.3 Å². The maximum atomic E-state index is 13.1. The fraction of sp³-hybridized carbons (Fsp3) is 0.729. The zero-order valence-corrected chi connectivity index (χ0v) is 87.8. The molecule has 0 heterocycles. The van der Waals surface area contributed by atoms with Gasteiger partial charge in [-0.3, -0.25) is 28.8 Å². The second kappa shape index (κ2) is 79.2. The van der Waals surface area contributed by atoms with Gasteiger partial charge in [0.1, 0.15) is 34.5 Å². The van der Waals surface area contributed by atoms with Gasteiger partial charge < -0.3 is 80.5 Å². The third-order valence-corrected chi connectivity index (χ3v) is 28.5. The first kappa shape index (κ1) is 120. The molecule has 0 amide bonds. The van der Waals surface area contributed by atoms with Crippen molar-refractivity contribution in [2.75, 3.05) is 132 Å². The van der Waals surface area contributed by atoms with Gasteiger partial charge in [-0.2, -0.15) is 0 Å². The smallest absolute Gasteiger partial charge is 0.343 e. The van der Waals surface area contributed by atoms with Crippen molar-refractivity contribution in [1.29, 1.82) is 0 Å². The summed E-state index contributed by atoms with van der Waals surface area (Å²) in [7, 11) is 0. The van der Waals surface area contributed by atoms with Crippen LogP contribution in [0.5, 0.6) is 34.5 Å². The molecule has 0 aromatic heterocycles. The number of ether oxygens (including phenoxy) is 17. The molecule has 4 aromatic carbocycles. The first-order valence-electron chi connectivity index (χ1n) is 56.5. The van der Waals surface area contributed by atoms with E-state index in [9.17, 15) is 38.4 Å². The third-order valence-electron chi connectivity index (χ3n) is 28.5. The fourth-order valence-electron chi connectivity index (χ4n) is 19.6. The number of esters is 8. The first-order chi connectivity index (χ1) is 70.3. The van der Waals surface area contributed by atoms with Crippen LogP contribution in [0.2, 0.25) is 0 Å². The second-order valence-electron chi connectivity index (χ2n) is 40.2. The molecular weight excluding hydrogens is 1820 g/mol. The Kier molecular flexibility index (Phi) is 66.5. The van der Waals surface area contributed by atoms with Gasteiger partial charge in [-0.1, -0.05) is 142 Å². The molecule has 8 rings (SSSR count). The highest BCUT2D eigenvalue weighted by Crippen LogP contribution is 2.45. The van der Waals surface area contributed by atoms with E-state index < -0.39 is 23.9 Å². The van der Waals surface area contributed by atoms with Gasteiger partial charge in [-0.25, -0.2) is 9.59 Å². The lowest BCUT2D eigenvalue weighted by Crippen LogP contribution is -2.30. The van der Waals surface area contributed by atoms with E-state index in [1.165, 1.54) is 103 Å². The Morgan fingerprint density at radius 1 is 0.210 bits per heavy atom. The second-order valence-corrected chi connectivity index (χ2v) is 40.2. The van der Waals surface area contributed by atoms with Crippen LogP contribution in [-0.2, 0) is 80.9 Å². The predicted octanol–water partition coefficient (Wildman–Crippen LogP) is 26.6. The molecule has 0 aliphatic heterocycles. The zero-order chi connectivity index (χ0) is 101. The highest BCUT2D eigenvalue weighted by Gasteiger charge is 2.36. The number of hydrogen-bond acceptors (Lipinski definition) is 25. The molecular formula is C118H182O25. The van der Waals surface area contributed by atoms with Gasteiger partial charge >= 0.3 is 47.8 Å². The van der Waals surface area contributed by atoms with E-state index in [1.807, 2.05) is 0 Å². The summed E-state index contributed by atoms with van der Waals surface area (Å²) in [6.45, 7) is 16.9. The SMILES string of the molecule is CCCCCC1CCC(C2CCC(C(=O)Oc3ccc(OC(=O)c4ccc(OCCCCCCCCOC(=O)CCC(=O)OCCCCOCCCCOCCCCOCCCCOCCCCOCCCCOCCCCOCCCCOC(=O)CCC(=O)OCCCCCCCCOc5ccc(C(=O)Oc6ccc(OC(=O)C7CCC(C8CCC(CCCCC)CC8)CC7)cc6)cc5)cc4)cc3)CC2)CC1. The highest BCUT2D eigenvalue weighted by molar-refractivity contribution is 5.92. The summed E-state index contributed by atoms with van der Waals surface area (Å²) >= 11 is 0. The van der Waals surface area contributed by atoms with Crippen LogP contribution in [0.4, 0.5) is 0 Å². The minimum Gasteiger partial charge on any atom is -0.494 e. The predicted molar refractivity (Wildman–Crippen MR) is 555 cm³/mol. The molecule has 4 aliphatic rings. The molecule has 4 fully saturated rings. The number of carbonyl (C=O) groups is 8. The Morgan fingerprint density at radius 2 is 0.413 bits per heavy atom. The standard InChI is InChI=1S/C118H182O25/c1-3-5-15-37-95-39-43-97(44-40-95)99-47-51-101(52-48-99)115(123)140-107-63-67-109(68-64-107)142-117(125)103-55-59-105(60-56-103)134-89-17-11-7-9-13-19-91-136-111(119)71-73-113(121)138-93-35-33-87-132-85-31-29-83-130-81-27-25-79-128-77-23-21-75-127-76-22-24-78-129-80-26-28-82-131-84-30-32-86-133-88-34-36-94-139-114(122)74-72-112(120)137-92-20-14-10-8-12-18-90-135-106-61-57-104(58-62-106)118(126)143-110-69-65-108(66-70-110)141-116(124)102-53-49-100(50-54-102)98-45-41-96(42-46-98)38-16-6-4-2/h55-70,95-102H,3-54,71-94H2,1-2H3. The Morgan fingerprint density at radius 3 is 0.657 bits per heavy atom. The van der Waals surface area contributed by atoms with Crippen molar-refractivity contribution < 1.29 is 119 Å². The Labute approximate surface area is 857 Å². The molecule has 143 heavy (non-hydrogen) atoms. The maximum absolute atomic E-state index is 13.1. The molecule has 4 saturated carbocycles. The third kappa shape index (κ3) is 57.2. The normalized spacial score (nSPS) is 18.0. The summed E-state index contributed by atoms with van der Waals surface area (Å²) in [5, 5.41) is 0. The minimum atomic E-state index is -0.484. The van der Waals surface area contributed by atoms with Crippen LogP contribution in [-0.4, -0.2) is 180 Å². The van der Waals surface area contributed by atoms with Crippen LogP contribution in [0.1, 0.15) is 394 Å². The summed E-state index contributed by atoms with van der Waals surface area (Å²) in [6.07, 6.45) is 55.8. The Hall–Kier alpha value is -8.04. The molecule has 0 spiro atoms. The number of hydrogen-bond donors (Lipinski definition) is 0. The lowest BCUT2D eigenvalue weighted by Gasteiger charge is -2.37. The molecule has 4 aromatic rings. The van der Waals surface area contributed by atoms with E-state index >= 15 is 0 Å². The van der Waals surface area contributed by atoms with Crippen molar-refractivity contribution in [2.45, 2.75) is 373 Å². The largest absolute Gasteiger partial charge is 0.494 e. The van der Waals surface area contributed by atoms with Gasteiger partial charge in [-0.05, 0) is 338 Å².